The second-order valence-corrected chi connectivity index (χ2v) is 7.29. The van der Waals surface area contributed by atoms with Gasteiger partial charge in [0.25, 0.3) is 0 Å². The summed E-state index contributed by atoms with van der Waals surface area (Å²) in [5, 5.41) is 14.4. The lowest BCUT2D eigenvalue weighted by Gasteiger charge is -2.08. The van der Waals surface area contributed by atoms with Crippen LogP contribution in [-0.2, 0) is 22.4 Å². The molecule has 1 N–H and O–H groups in total. The summed E-state index contributed by atoms with van der Waals surface area (Å²) in [7, 11) is 0. The fourth-order valence-electron chi connectivity index (χ4n) is 2.91. The third-order valence-corrected chi connectivity index (χ3v) is 5.27. The van der Waals surface area contributed by atoms with Gasteiger partial charge in [0.2, 0.25) is 5.91 Å². The molecule has 2 aromatic heterocycles. The fourth-order valence-corrected chi connectivity index (χ4v) is 4.06. The largest absolute Gasteiger partial charge is 0.462 e. The number of rotatable bonds is 7. The molecule has 0 spiro atoms. The molecule has 28 heavy (non-hydrogen) atoms. The van der Waals surface area contributed by atoms with Crippen LogP contribution in [0, 0.1) is 6.92 Å². The molecule has 0 saturated carbocycles. The lowest BCUT2D eigenvalue weighted by molar-refractivity contribution is -0.115. The van der Waals surface area contributed by atoms with Crippen LogP contribution in [0.3, 0.4) is 0 Å². The molecule has 0 aliphatic carbocycles. The van der Waals surface area contributed by atoms with E-state index in [0.717, 1.165) is 21.7 Å². The second-order valence-electron chi connectivity index (χ2n) is 6.06. The topological polar surface area (TPSA) is 99.0 Å². The molecule has 0 bridgehead atoms. The predicted molar refractivity (Wildman–Crippen MR) is 106 cm³/mol. The van der Waals surface area contributed by atoms with Gasteiger partial charge in [0.05, 0.1) is 24.3 Å². The first-order valence-corrected chi connectivity index (χ1v) is 9.76. The summed E-state index contributed by atoms with van der Waals surface area (Å²) in [4.78, 5) is 25.9. The number of nitrogens with zero attached hydrogens (tertiary/aromatic N) is 4. The normalized spacial score (nSPS) is 10.7. The highest BCUT2D eigenvalue weighted by molar-refractivity contribution is 7.16. The lowest BCUT2D eigenvalue weighted by Crippen LogP contribution is -2.17. The average Bonchev–Trinajstić information content (AvgIpc) is 3.30. The van der Waals surface area contributed by atoms with Crippen molar-refractivity contribution in [1.29, 1.82) is 0 Å². The molecule has 3 aromatic rings. The van der Waals surface area contributed by atoms with Gasteiger partial charge in [-0.1, -0.05) is 19.1 Å². The Morgan fingerprint density at radius 3 is 2.57 bits per heavy atom. The highest BCUT2D eigenvalue weighted by Crippen LogP contribution is 2.34. The second kappa shape index (κ2) is 8.75. The van der Waals surface area contributed by atoms with E-state index in [1.165, 1.54) is 22.3 Å². The minimum absolute atomic E-state index is 0.190. The van der Waals surface area contributed by atoms with Gasteiger partial charge in [-0.3, -0.25) is 4.79 Å². The van der Waals surface area contributed by atoms with Gasteiger partial charge in [0.15, 0.2) is 0 Å². The summed E-state index contributed by atoms with van der Waals surface area (Å²) in [5.74, 6) is -0.589. The van der Waals surface area contributed by atoms with Crippen molar-refractivity contribution in [3.63, 3.8) is 0 Å². The molecule has 9 heteroatoms. The van der Waals surface area contributed by atoms with Gasteiger partial charge in [0.1, 0.15) is 11.3 Å². The SMILES string of the molecule is CCOC(=O)c1c(NC(=O)Cc2ccc(-n3cnnn3)cc2)sc(C)c1CC. The molecule has 2 heterocycles. The van der Waals surface area contributed by atoms with E-state index in [0.29, 0.717) is 17.0 Å². The van der Waals surface area contributed by atoms with Crippen LogP contribution in [0.2, 0.25) is 0 Å². The van der Waals surface area contributed by atoms with Crippen molar-refractivity contribution in [3.05, 3.63) is 52.2 Å². The van der Waals surface area contributed by atoms with E-state index >= 15 is 0 Å². The number of hydrogen-bond donors (Lipinski definition) is 1. The van der Waals surface area contributed by atoms with Gasteiger partial charge in [-0.2, -0.15) is 0 Å². The maximum atomic E-state index is 12.5. The summed E-state index contributed by atoms with van der Waals surface area (Å²) in [6, 6.07) is 7.38. The first-order valence-electron chi connectivity index (χ1n) is 8.95. The van der Waals surface area contributed by atoms with Crippen LogP contribution in [0.1, 0.15) is 40.2 Å². The van der Waals surface area contributed by atoms with Crippen LogP contribution < -0.4 is 5.32 Å². The number of hydrogen-bond acceptors (Lipinski definition) is 7. The number of ether oxygens (including phenoxy) is 1. The van der Waals surface area contributed by atoms with E-state index in [1.807, 2.05) is 38.1 Å². The lowest BCUT2D eigenvalue weighted by atomic mass is 10.1. The summed E-state index contributed by atoms with van der Waals surface area (Å²) < 4.78 is 6.71. The first-order chi connectivity index (χ1) is 13.5. The summed E-state index contributed by atoms with van der Waals surface area (Å²) in [5.41, 5.74) is 3.04. The average molecular weight is 399 g/mol. The molecule has 1 aromatic carbocycles. The highest BCUT2D eigenvalue weighted by atomic mass is 32.1. The molecule has 0 aliphatic rings. The van der Waals surface area contributed by atoms with E-state index in [4.69, 9.17) is 4.74 Å². The number of nitrogens with one attached hydrogen (secondary N) is 1. The van der Waals surface area contributed by atoms with Crippen molar-refractivity contribution >= 4 is 28.2 Å². The Bertz CT molecular complexity index is 964. The van der Waals surface area contributed by atoms with Crippen LogP contribution in [0.5, 0.6) is 0 Å². The number of carbonyl (C=O) groups excluding carboxylic acids is 2. The Hall–Kier alpha value is -3.07. The maximum Gasteiger partial charge on any atom is 0.341 e. The van der Waals surface area contributed by atoms with Crippen LogP contribution >= 0.6 is 11.3 Å². The monoisotopic (exact) mass is 399 g/mol. The zero-order valence-electron chi connectivity index (χ0n) is 15.9. The molecule has 8 nitrogen and oxygen atoms in total. The van der Waals surface area contributed by atoms with E-state index in [2.05, 4.69) is 20.8 Å². The number of aryl methyl sites for hydroxylation is 1. The van der Waals surface area contributed by atoms with Crippen LogP contribution in [0.4, 0.5) is 5.00 Å². The fraction of sp³-hybridized carbons (Fsp3) is 0.316. The highest BCUT2D eigenvalue weighted by Gasteiger charge is 2.23. The maximum absolute atomic E-state index is 12.5. The molecular formula is C19H21N5O3S. The Morgan fingerprint density at radius 1 is 1.21 bits per heavy atom. The van der Waals surface area contributed by atoms with Gasteiger partial charge < -0.3 is 10.1 Å². The number of esters is 1. The quantitative estimate of drug-likeness (QED) is 0.613. The van der Waals surface area contributed by atoms with Crippen LogP contribution in [0.15, 0.2) is 30.6 Å². The number of thiophene rings is 1. The molecule has 0 unspecified atom stereocenters. The minimum atomic E-state index is -0.398. The van der Waals surface area contributed by atoms with Gasteiger partial charge >= 0.3 is 5.97 Å². The third-order valence-electron chi connectivity index (χ3n) is 4.21. The zero-order valence-corrected chi connectivity index (χ0v) is 16.7. The van der Waals surface area contributed by atoms with Crippen molar-refractivity contribution < 1.29 is 14.3 Å². The van der Waals surface area contributed by atoms with Gasteiger partial charge in [-0.15, -0.1) is 16.4 Å². The molecule has 0 atom stereocenters. The molecule has 3 rings (SSSR count). The van der Waals surface area contributed by atoms with E-state index in [9.17, 15) is 9.59 Å². The first kappa shape index (κ1) is 19.7. The smallest absolute Gasteiger partial charge is 0.341 e. The molecular weight excluding hydrogens is 378 g/mol. The summed E-state index contributed by atoms with van der Waals surface area (Å²) in [6.07, 6.45) is 2.39. The number of anilines is 1. The molecule has 146 valence electrons. The molecule has 0 radical (unpaired) electrons. The Morgan fingerprint density at radius 2 is 1.96 bits per heavy atom. The third kappa shape index (κ3) is 4.25. The molecule has 1 amide bonds. The number of amides is 1. The Balaban J connectivity index is 1.73. The molecule has 0 aliphatic heterocycles. The summed E-state index contributed by atoms with van der Waals surface area (Å²) >= 11 is 1.40. The van der Waals surface area contributed by atoms with Gasteiger partial charge in [-0.05, 0) is 54.0 Å². The molecule has 0 saturated heterocycles. The predicted octanol–water partition coefficient (Wildman–Crippen LogP) is 2.95. The number of tetrazole rings is 1. The van der Waals surface area contributed by atoms with Gasteiger partial charge in [0, 0.05) is 4.88 Å². The van der Waals surface area contributed by atoms with E-state index < -0.39 is 5.97 Å². The zero-order chi connectivity index (χ0) is 20.1. The van der Waals surface area contributed by atoms with Crippen molar-refractivity contribution in [3.8, 4) is 5.69 Å². The van der Waals surface area contributed by atoms with Crippen LogP contribution in [-0.4, -0.2) is 38.7 Å². The Labute approximate surface area is 166 Å². The van der Waals surface area contributed by atoms with Crippen molar-refractivity contribution in [2.24, 2.45) is 0 Å². The number of carbonyl (C=O) groups is 2. The standard InChI is InChI=1S/C19H21N5O3S/c1-4-15-12(3)28-18(17(15)19(26)27-5-2)21-16(25)10-13-6-8-14(9-7-13)24-11-20-22-23-24/h6-9,11H,4-5,10H2,1-3H3,(H,21,25). The minimum Gasteiger partial charge on any atom is -0.462 e. The number of aromatic nitrogens is 4. The molecule has 0 fully saturated rings. The van der Waals surface area contributed by atoms with Crippen molar-refractivity contribution in [2.75, 3.05) is 11.9 Å². The van der Waals surface area contributed by atoms with Gasteiger partial charge in [-0.25, -0.2) is 9.48 Å². The Kier molecular flexibility index (Phi) is 6.15. The van der Waals surface area contributed by atoms with E-state index in [-0.39, 0.29) is 18.9 Å². The number of benzene rings is 1. The van der Waals surface area contributed by atoms with Crippen LogP contribution in [0.25, 0.3) is 5.69 Å². The van der Waals surface area contributed by atoms with E-state index in [1.54, 1.807) is 6.92 Å². The van der Waals surface area contributed by atoms with Crippen molar-refractivity contribution in [2.45, 2.75) is 33.6 Å². The summed E-state index contributed by atoms with van der Waals surface area (Å²) in [6.45, 7) is 5.98. The van der Waals surface area contributed by atoms with Crippen molar-refractivity contribution in [1.82, 2.24) is 20.2 Å².